The van der Waals surface area contributed by atoms with Crippen molar-refractivity contribution in [2.45, 2.75) is 42.0 Å². The molecule has 0 heterocycles. The maximum absolute atomic E-state index is 12.6. The van der Waals surface area contributed by atoms with E-state index in [0.717, 1.165) is 27.5 Å². The molecule has 1 N–H and O–H groups in total. The average Bonchev–Trinajstić information content (AvgIpc) is 2.74. The van der Waals surface area contributed by atoms with Crippen molar-refractivity contribution < 1.29 is 32.5 Å². The summed E-state index contributed by atoms with van der Waals surface area (Å²) in [5.74, 6) is -0.208. The van der Waals surface area contributed by atoms with Crippen molar-refractivity contribution in [1.29, 1.82) is 0 Å². The van der Waals surface area contributed by atoms with Crippen LogP contribution in [0, 0.1) is 0 Å². The van der Waals surface area contributed by atoms with Gasteiger partial charge in [-0.3, -0.25) is 0 Å². The molecule has 0 spiro atoms. The Morgan fingerprint density at radius 2 is 1.34 bits per heavy atom. The monoisotopic (exact) mass is 462 g/mol. The standard InChI is InChI=1S/C24H21F3O4S/c1-23(2,22(28)29)31-19-9-13-21(14-10-19)32-20-11-3-16(4-12-20)15-30-18-7-5-17(6-8-18)24(25,26)27/h3-14H,15H2,1-2H3,(H,28,29). The second-order valence-corrected chi connectivity index (χ2v) is 8.59. The number of halogens is 3. The van der Waals surface area contributed by atoms with Crippen LogP contribution in [0.25, 0.3) is 0 Å². The SMILES string of the molecule is CC(C)(Oc1ccc(Sc2ccc(COc3ccc(C(F)(F)F)cc3)cc2)cc1)C(=O)O. The van der Waals surface area contributed by atoms with E-state index in [-0.39, 0.29) is 6.61 Å². The van der Waals surface area contributed by atoms with Crippen molar-refractivity contribution in [2.75, 3.05) is 0 Å². The highest BCUT2D eigenvalue weighted by Gasteiger charge is 2.30. The molecule has 4 nitrogen and oxygen atoms in total. The number of carbonyl (C=O) groups is 1. The molecule has 3 aromatic carbocycles. The predicted molar refractivity (Wildman–Crippen MR) is 115 cm³/mol. The molecule has 0 radical (unpaired) electrons. The minimum Gasteiger partial charge on any atom is -0.489 e. The fourth-order valence-electron chi connectivity index (χ4n) is 2.61. The van der Waals surface area contributed by atoms with Crippen LogP contribution in [0.4, 0.5) is 13.2 Å². The maximum Gasteiger partial charge on any atom is 0.416 e. The first kappa shape index (κ1) is 23.5. The Bertz CT molecular complexity index is 1040. The smallest absolute Gasteiger partial charge is 0.416 e. The number of rotatable bonds is 8. The molecule has 0 aliphatic rings. The molecule has 0 aliphatic heterocycles. The zero-order valence-electron chi connectivity index (χ0n) is 17.3. The van der Waals surface area contributed by atoms with Gasteiger partial charge in [0.1, 0.15) is 18.1 Å². The van der Waals surface area contributed by atoms with Crippen LogP contribution in [-0.4, -0.2) is 16.7 Å². The summed E-state index contributed by atoms with van der Waals surface area (Å²) in [6, 6.07) is 19.4. The first-order chi connectivity index (χ1) is 15.0. The van der Waals surface area contributed by atoms with Crippen LogP contribution in [0.5, 0.6) is 11.5 Å². The van der Waals surface area contributed by atoms with E-state index in [1.165, 1.54) is 37.7 Å². The summed E-state index contributed by atoms with van der Waals surface area (Å²) in [6.45, 7) is 3.21. The average molecular weight is 462 g/mol. The third kappa shape index (κ3) is 6.43. The predicted octanol–water partition coefficient (Wildman–Crippen LogP) is 6.68. The van der Waals surface area contributed by atoms with Crippen LogP contribution in [0.1, 0.15) is 25.0 Å². The number of carboxylic acids is 1. The molecule has 0 bridgehead atoms. The van der Waals surface area contributed by atoms with E-state index >= 15 is 0 Å². The largest absolute Gasteiger partial charge is 0.489 e. The van der Waals surface area contributed by atoms with Crippen LogP contribution in [0.2, 0.25) is 0 Å². The van der Waals surface area contributed by atoms with Gasteiger partial charge in [0.2, 0.25) is 0 Å². The Morgan fingerprint density at radius 1 is 0.844 bits per heavy atom. The summed E-state index contributed by atoms with van der Waals surface area (Å²) in [7, 11) is 0. The normalized spacial score (nSPS) is 11.8. The van der Waals surface area contributed by atoms with Gasteiger partial charge in [0.05, 0.1) is 5.56 Å². The van der Waals surface area contributed by atoms with Gasteiger partial charge in [-0.05, 0) is 80.1 Å². The second-order valence-electron chi connectivity index (χ2n) is 7.45. The first-order valence-electron chi connectivity index (χ1n) is 9.62. The molecule has 32 heavy (non-hydrogen) atoms. The highest BCUT2D eigenvalue weighted by molar-refractivity contribution is 7.99. The van der Waals surface area contributed by atoms with Gasteiger partial charge in [0.25, 0.3) is 0 Å². The van der Waals surface area contributed by atoms with Gasteiger partial charge in [0, 0.05) is 9.79 Å². The lowest BCUT2D eigenvalue weighted by atomic mass is 10.1. The van der Waals surface area contributed by atoms with E-state index in [1.54, 1.807) is 12.1 Å². The third-order valence-electron chi connectivity index (χ3n) is 4.46. The lowest BCUT2D eigenvalue weighted by Crippen LogP contribution is -2.37. The van der Waals surface area contributed by atoms with Gasteiger partial charge < -0.3 is 14.6 Å². The molecule has 0 aliphatic carbocycles. The van der Waals surface area contributed by atoms with Crippen molar-refractivity contribution in [3.05, 3.63) is 83.9 Å². The fraction of sp³-hybridized carbons (Fsp3) is 0.208. The summed E-state index contributed by atoms with van der Waals surface area (Å²) >= 11 is 1.53. The van der Waals surface area contributed by atoms with Gasteiger partial charge >= 0.3 is 12.1 Å². The molecule has 0 fully saturated rings. The van der Waals surface area contributed by atoms with Crippen molar-refractivity contribution in [3.8, 4) is 11.5 Å². The minimum absolute atomic E-state index is 0.238. The van der Waals surface area contributed by atoms with Crippen molar-refractivity contribution in [2.24, 2.45) is 0 Å². The van der Waals surface area contributed by atoms with Crippen molar-refractivity contribution in [3.63, 3.8) is 0 Å². The number of alkyl halides is 3. The first-order valence-corrected chi connectivity index (χ1v) is 10.4. The maximum atomic E-state index is 12.6. The summed E-state index contributed by atoms with van der Waals surface area (Å²) in [6.07, 6.45) is -4.37. The van der Waals surface area contributed by atoms with Crippen LogP contribution in [0.15, 0.2) is 82.6 Å². The second kappa shape index (κ2) is 9.56. The van der Waals surface area contributed by atoms with E-state index < -0.39 is 23.3 Å². The van der Waals surface area contributed by atoms with E-state index in [0.29, 0.717) is 11.5 Å². The molecule has 3 rings (SSSR count). The number of hydrogen-bond donors (Lipinski definition) is 1. The van der Waals surface area contributed by atoms with Crippen LogP contribution < -0.4 is 9.47 Å². The van der Waals surface area contributed by atoms with Gasteiger partial charge in [-0.25, -0.2) is 4.79 Å². The Hall–Kier alpha value is -3.13. The Balaban J connectivity index is 1.54. The molecule has 0 atom stereocenters. The van der Waals surface area contributed by atoms with E-state index in [1.807, 2.05) is 36.4 Å². The molecule has 0 amide bonds. The lowest BCUT2D eigenvalue weighted by molar-refractivity contribution is -0.152. The van der Waals surface area contributed by atoms with Gasteiger partial charge in [0.15, 0.2) is 5.60 Å². The van der Waals surface area contributed by atoms with Crippen molar-refractivity contribution >= 4 is 17.7 Å². The van der Waals surface area contributed by atoms with E-state index in [9.17, 15) is 18.0 Å². The Kier molecular flexibility index (Phi) is 7.03. The number of aliphatic carboxylic acids is 1. The lowest BCUT2D eigenvalue weighted by Gasteiger charge is -2.21. The molecular formula is C24H21F3O4S. The highest BCUT2D eigenvalue weighted by atomic mass is 32.2. The number of carboxylic acid groups (broad SMARTS) is 1. The molecule has 168 valence electrons. The molecule has 8 heteroatoms. The molecule has 0 unspecified atom stereocenters. The summed E-state index contributed by atoms with van der Waals surface area (Å²) in [5.41, 5.74) is -1.14. The number of ether oxygens (including phenoxy) is 2. The Morgan fingerprint density at radius 3 is 1.84 bits per heavy atom. The van der Waals surface area contributed by atoms with Crippen LogP contribution >= 0.6 is 11.8 Å². The van der Waals surface area contributed by atoms with Crippen LogP contribution in [0.3, 0.4) is 0 Å². The third-order valence-corrected chi connectivity index (χ3v) is 5.47. The quantitative estimate of drug-likeness (QED) is 0.405. The fourth-order valence-corrected chi connectivity index (χ4v) is 3.43. The molecule has 0 saturated heterocycles. The molecule has 0 saturated carbocycles. The van der Waals surface area contributed by atoms with E-state index in [4.69, 9.17) is 14.6 Å². The highest BCUT2D eigenvalue weighted by Crippen LogP contribution is 2.31. The molecule has 0 aromatic heterocycles. The zero-order valence-corrected chi connectivity index (χ0v) is 18.2. The topological polar surface area (TPSA) is 55.8 Å². The summed E-state index contributed by atoms with van der Waals surface area (Å²) in [5, 5.41) is 9.14. The van der Waals surface area contributed by atoms with Gasteiger partial charge in [-0.1, -0.05) is 23.9 Å². The molecule has 3 aromatic rings. The minimum atomic E-state index is -4.37. The van der Waals surface area contributed by atoms with Crippen LogP contribution in [-0.2, 0) is 17.6 Å². The molecular weight excluding hydrogens is 441 g/mol. The Labute approximate surface area is 188 Å². The summed E-state index contributed by atoms with van der Waals surface area (Å²) < 4.78 is 48.9. The summed E-state index contributed by atoms with van der Waals surface area (Å²) in [4.78, 5) is 13.1. The van der Waals surface area contributed by atoms with Crippen molar-refractivity contribution in [1.82, 2.24) is 0 Å². The van der Waals surface area contributed by atoms with E-state index in [2.05, 4.69) is 0 Å². The van der Waals surface area contributed by atoms with Gasteiger partial charge in [-0.15, -0.1) is 0 Å². The number of benzene rings is 3. The van der Waals surface area contributed by atoms with Gasteiger partial charge in [-0.2, -0.15) is 13.2 Å². The number of hydrogen-bond acceptors (Lipinski definition) is 4. The zero-order chi connectivity index (χ0) is 23.4.